The summed E-state index contributed by atoms with van der Waals surface area (Å²) in [6.45, 7) is 6.06. The molecule has 0 saturated heterocycles. The molecular formula is C10H14N6. The minimum Gasteiger partial charge on any atom is -0.363 e. The molecule has 84 valence electrons. The highest BCUT2D eigenvalue weighted by atomic mass is 15.4. The molecule has 2 aromatic heterocycles. The van der Waals surface area contributed by atoms with Crippen LogP contribution in [0.5, 0.6) is 0 Å². The molecule has 16 heavy (non-hydrogen) atoms. The van der Waals surface area contributed by atoms with Gasteiger partial charge in [0.25, 0.3) is 0 Å². The Kier molecular flexibility index (Phi) is 3.09. The van der Waals surface area contributed by atoms with Gasteiger partial charge in [-0.3, -0.25) is 0 Å². The Bertz CT molecular complexity index is 485. The van der Waals surface area contributed by atoms with E-state index in [1.807, 2.05) is 12.1 Å². The molecule has 2 rings (SSSR count). The van der Waals surface area contributed by atoms with Crippen LogP contribution in [0.4, 0.5) is 5.82 Å². The van der Waals surface area contributed by atoms with Gasteiger partial charge in [0.15, 0.2) is 11.5 Å². The van der Waals surface area contributed by atoms with Gasteiger partial charge in [0, 0.05) is 13.1 Å². The number of hydrogen-bond acceptors (Lipinski definition) is 4. The van der Waals surface area contributed by atoms with E-state index in [9.17, 15) is 0 Å². The van der Waals surface area contributed by atoms with Gasteiger partial charge in [0.1, 0.15) is 6.33 Å². The molecule has 6 heteroatoms. The summed E-state index contributed by atoms with van der Waals surface area (Å²) in [5.74, 6) is 0.652. The van der Waals surface area contributed by atoms with E-state index in [2.05, 4.69) is 39.0 Å². The SMILES string of the molecule is CCN(C=Nc1ccc2nncn2n1)CC. The van der Waals surface area contributed by atoms with E-state index in [4.69, 9.17) is 0 Å². The lowest BCUT2D eigenvalue weighted by Gasteiger charge is -2.12. The second-order valence-electron chi connectivity index (χ2n) is 3.29. The average molecular weight is 218 g/mol. The van der Waals surface area contributed by atoms with Gasteiger partial charge in [-0.25, -0.2) is 4.99 Å². The average Bonchev–Trinajstić information content (AvgIpc) is 2.77. The van der Waals surface area contributed by atoms with Crippen molar-refractivity contribution in [3.8, 4) is 0 Å². The Morgan fingerprint density at radius 3 is 2.94 bits per heavy atom. The maximum atomic E-state index is 4.29. The molecule has 0 amide bonds. The second kappa shape index (κ2) is 4.69. The van der Waals surface area contributed by atoms with Crippen LogP contribution in [-0.2, 0) is 0 Å². The lowest BCUT2D eigenvalue weighted by atomic mass is 10.5. The molecule has 0 aliphatic rings. The predicted octanol–water partition coefficient (Wildman–Crippen LogP) is 1.13. The van der Waals surface area contributed by atoms with Crippen LogP contribution in [0.1, 0.15) is 13.8 Å². The molecule has 0 fully saturated rings. The third-order valence-electron chi connectivity index (χ3n) is 2.31. The molecular weight excluding hydrogens is 204 g/mol. The van der Waals surface area contributed by atoms with Crippen LogP contribution in [0.2, 0.25) is 0 Å². The van der Waals surface area contributed by atoms with Gasteiger partial charge < -0.3 is 4.90 Å². The summed E-state index contributed by atoms with van der Waals surface area (Å²) >= 11 is 0. The Hall–Kier alpha value is -1.98. The molecule has 0 radical (unpaired) electrons. The Morgan fingerprint density at radius 2 is 2.19 bits per heavy atom. The van der Waals surface area contributed by atoms with Gasteiger partial charge in [-0.1, -0.05) is 0 Å². The lowest BCUT2D eigenvalue weighted by molar-refractivity contribution is 0.479. The van der Waals surface area contributed by atoms with E-state index in [1.165, 1.54) is 0 Å². The third-order valence-corrected chi connectivity index (χ3v) is 2.31. The van der Waals surface area contributed by atoms with Crippen molar-refractivity contribution < 1.29 is 0 Å². The van der Waals surface area contributed by atoms with Crippen LogP contribution in [0.3, 0.4) is 0 Å². The fraction of sp³-hybridized carbons (Fsp3) is 0.400. The van der Waals surface area contributed by atoms with Crippen molar-refractivity contribution in [2.75, 3.05) is 13.1 Å². The number of aromatic nitrogens is 4. The molecule has 0 saturated carbocycles. The second-order valence-corrected chi connectivity index (χ2v) is 3.29. The van der Waals surface area contributed by atoms with Gasteiger partial charge in [0.2, 0.25) is 0 Å². The van der Waals surface area contributed by atoms with Crippen molar-refractivity contribution in [2.45, 2.75) is 13.8 Å². The van der Waals surface area contributed by atoms with Crippen molar-refractivity contribution in [1.29, 1.82) is 0 Å². The first-order valence-electron chi connectivity index (χ1n) is 5.28. The third kappa shape index (κ3) is 2.16. The summed E-state index contributed by atoms with van der Waals surface area (Å²) in [6.07, 6.45) is 3.37. The quantitative estimate of drug-likeness (QED) is 0.570. The zero-order valence-corrected chi connectivity index (χ0v) is 9.41. The largest absolute Gasteiger partial charge is 0.363 e. The van der Waals surface area contributed by atoms with Crippen LogP contribution in [0.25, 0.3) is 5.65 Å². The molecule has 6 nitrogen and oxygen atoms in total. The smallest absolute Gasteiger partial charge is 0.177 e. The summed E-state index contributed by atoms with van der Waals surface area (Å²) in [5.41, 5.74) is 0.724. The molecule has 0 bridgehead atoms. The molecule has 0 spiro atoms. The number of fused-ring (bicyclic) bond motifs is 1. The molecule has 2 aromatic rings. The van der Waals surface area contributed by atoms with E-state index in [0.717, 1.165) is 18.7 Å². The Morgan fingerprint density at radius 1 is 1.38 bits per heavy atom. The molecule has 0 aliphatic heterocycles. The summed E-state index contributed by atoms with van der Waals surface area (Å²) < 4.78 is 1.61. The topological polar surface area (TPSA) is 58.7 Å². The van der Waals surface area contributed by atoms with E-state index in [1.54, 1.807) is 17.2 Å². The van der Waals surface area contributed by atoms with Gasteiger partial charge in [-0.15, -0.1) is 15.3 Å². The minimum absolute atomic E-state index is 0.652. The van der Waals surface area contributed by atoms with Crippen LogP contribution in [0, 0.1) is 0 Å². The number of nitrogens with zero attached hydrogens (tertiary/aromatic N) is 6. The van der Waals surface area contributed by atoms with Crippen molar-refractivity contribution in [1.82, 2.24) is 24.7 Å². The first kappa shape index (κ1) is 10.5. The monoisotopic (exact) mass is 218 g/mol. The fourth-order valence-corrected chi connectivity index (χ4v) is 1.31. The van der Waals surface area contributed by atoms with Gasteiger partial charge in [-0.05, 0) is 26.0 Å². The first-order chi connectivity index (χ1) is 7.83. The molecule has 0 atom stereocenters. The van der Waals surface area contributed by atoms with Crippen LogP contribution < -0.4 is 0 Å². The van der Waals surface area contributed by atoms with E-state index < -0.39 is 0 Å². The number of aliphatic imine (C=N–C) groups is 1. The minimum atomic E-state index is 0.652. The van der Waals surface area contributed by atoms with Crippen molar-refractivity contribution in [3.63, 3.8) is 0 Å². The van der Waals surface area contributed by atoms with Crippen LogP contribution in [0.15, 0.2) is 23.5 Å². The van der Waals surface area contributed by atoms with Crippen LogP contribution in [-0.4, -0.2) is 44.1 Å². The predicted molar refractivity (Wildman–Crippen MR) is 61.9 cm³/mol. The first-order valence-corrected chi connectivity index (χ1v) is 5.28. The Balaban J connectivity index is 2.20. The van der Waals surface area contributed by atoms with Crippen molar-refractivity contribution in [2.24, 2.45) is 4.99 Å². The lowest BCUT2D eigenvalue weighted by Crippen LogP contribution is -2.20. The van der Waals surface area contributed by atoms with Crippen molar-refractivity contribution >= 4 is 17.8 Å². The standard InChI is InChI=1S/C10H14N6/c1-3-15(4-2)7-11-9-5-6-10-13-12-8-16(10)14-9/h5-8H,3-4H2,1-2H3. The van der Waals surface area contributed by atoms with Crippen LogP contribution >= 0.6 is 0 Å². The summed E-state index contributed by atoms with van der Waals surface area (Å²) in [7, 11) is 0. The van der Waals surface area contributed by atoms with Gasteiger partial charge >= 0.3 is 0 Å². The highest BCUT2D eigenvalue weighted by Gasteiger charge is 1.97. The van der Waals surface area contributed by atoms with Crippen molar-refractivity contribution in [3.05, 3.63) is 18.5 Å². The molecule has 2 heterocycles. The summed E-state index contributed by atoms with van der Waals surface area (Å²) in [6, 6.07) is 3.67. The normalized spacial score (nSPS) is 11.4. The van der Waals surface area contributed by atoms with Gasteiger partial charge in [-0.2, -0.15) is 4.52 Å². The molecule has 0 N–H and O–H groups in total. The maximum Gasteiger partial charge on any atom is 0.177 e. The number of rotatable bonds is 4. The van der Waals surface area contributed by atoms with E-state index >= 15 is 0 Å². The van der Waals surface area contributed by atoms with E-state index in [0.29, 0.717) is 5.82 Å². The molecule has 0 aliphatic carbocycles. The maximum absolute atomic E-state index is 4.29. The Labute approximate surface area is 93.6 Å². The van der Waals surface area contributed by atoms with Gasteiger partial charge in [0.05, 0.1) is 6.34 Å². The zero-order valence-electron chi connectivity index (χ0n) is 9.41. The highest BCUT2D eigenvalue weighted by molar-refractivity contribution is 5.59. The highest BCUT2D eigenvalue weighted by Crippen LogP contribution is 2.07. The summed E-state index contributed by atoms with van der Waals surface area (Å²) in [4.78, 5) is 6.39. The fourth-order valence-electron chi connectivity index (χ4n) is 1.31. The molecule has 0 unspecified atom stereocenters. The zero-order chi connectivity index (χ0) is 11.4. The molecule has 0 aromatic carbocycles. The number of hydrogen-bond donors (Lipinski definition) is 0. The summed E-state index contributed by atoms with van der Waals surface area (Å²) in [5, 5.41) is 11.9. The van der Waals surface area contributed by atoms with E-state index in [-0.39, 0.29) is 0 Å².